The number of hydrogen-bond acceptors (Lipinski definition) is 4. The van der Waals surface area contributed by atoms with Crippen LogP contribution in [0.15, 0.2) is 24.4 Å². The first kappa shape index (κ1) is 15.0. The van der Waals surface area contributed by atoms with Crippen molar-refractivity contribution in [3.8, 4) is 11.5 Å². The van der Waals surface area contributed by atoms with E-state index >= 15 is 0 Å². The van der Waals surface area contributed by atoms with Gasteiger partial charge in [-0.15, -0.1) is 0 Å². The Kier molecular flexibility index (Phi) is 4.81. The standard InChI is InChI=1S/C14H14Cl2N2O2/c1-8(2)14-17-6-13(12(7-19)18-14)20-11-4-9(15)3-10(16)5-11/h3-6,8,19H,7H2,1-2H3. The average Bonchev–Trinajstić information content (AvgIpc) is 2.37. The monoisotopic (exact) mass is 312 g/mol. The summed E-state index contributed by atoms with van der Waals surface area (Å²) in [5.41, 5.74) is 0.430. The zero-order chi connectivity index (χ0) is 14.7. The van der Waals surface area contributed by atoms with E-state index in [-0.39, 0.29) is 12.5 Å². The molecule has 1 aromatic heterocycles. The predicted octanol–water partition coefficient (Wildman–Crippen LogP) is 4.19. The molecule has 1 aromatic carbocycles. The van der Waals surface area contributed by atoms with Crippen LogP contribution in [0.3, 0.4) is 0 Å². The maximum absolute atomic E-state index is 9.39. The van der Waals surface area contributed by atoms with Crippen molar-refractivity contribution in [2.75, 3.05) is 0 Å². The molecule has 106 valence electrons. The lowest BCUT2D eigenvalue weighted by atomic mass is 10.2. The molecule has 2 rings (SSSR count). The van der Waals surface area contributed by atoms with E-state index in [9.17, 15) is 5.11 Å². The fraction of sp³-hybridized carbons (Fsp3) is 0.286. The van der Waals surface area contributed by atoms with E-state index < -0.39 is 0 Å². The summed E-state index contributed by atoms with van der Waals surface area (Å²) in [6.07, 6.45) is 1.54. The molecule has 1 heterocycles. The van der Waals surface area contributed by atoms with Crippen molar-refractivity contribution in [2.24, 2.45) is 0 Å². The highest BCUT2D eigenvalue weighted by Crippen LogP contribution is 2.29. The highest BCUT2D eigenvalue weighted by atomic mass is 35.5. The van der Waals surface area contributed by atoms with Gasteiger partial charge in [-0.25, -0.2) is 9.97 Å². The first-order valence-corrected chi connectivity index (χ1v) is 6.86. The molecule has 0 saturated carbocycles. The smallest absolute Gasteiger partial charge is 0.169 e. The lowest BCUT2D eigenvalue weighted by Crippen LogP contribution is -2.03. The fourth-order valence-corrected chi connectivity index (χ4v) is 2.12. The molecule has 0 aliphatic carbocycles. The number of ether oxygens (including phenoxy) is 1. The molecule has 0 atom stereocenters. The molecular weight excluding hydrogens is 299 g/mol. The van der Waals surface area contributed by atoms with Crippen LogP contribution < -0.4 is 4.74 Å². The van der Waals surface area contributed by atoms with Crippen molar-refractivity contribution < 1.29 is 9.84 Å². The maximum atomic E-state index is 9.39. The molecule has 0 saturated heterocycles. The van der Waals surface area contributed by atoms with Gasteiger partial charge in [0.25, 0.3) is 0 Å². The quantitative estimate of drug-likeness (QED) is 0.919. The Morgan fingerprint density at radius 2 is 1.85 bits per heavy atom. The summed E-state index contributed by atoms with van der Waals surface area (Å²) in [7, 11) is 0. The van der Waals surface area contributed by atoms with Crippen LogP contribution in [-0.2, 0) is 6.61 Å². The van der Waals surface area contributed by atoms with Crippen molar-refractivity contribution in [1.82, 2.24) is 9.97 Å². The molecule has 0 radical (unpaired) electrons. The normalized spacial score (nSPS) is 10.9. The second-order valence-corrected chi connectivity index (χ2v) is 5.43. The molecule has 0 fully saturated rings. The highest BCUT2D eigenvalue weighted by Gasteiger charge is 2.11. The van der Waals surface area contributed by atoms with Crippen molar-refractivity contribution in [2.45, 2.75) is 26.4 Å². The van der Waals surface area contributed by atoms with Crippen LogP contribution in [0.1, 0.15) is 31.3 Å². The number of nitrogens with zero attached hydrogens (tertiary/aromatic N) is 2. The zero-order valence-electron chi connectivity index (χ0n) is 11.1. The number of aliphatic hydroxyl groups excluding tert-OH is 1. The van der Waals surface area contributed by atoms with Crippen LogP contribution >= 0.6 is 23.2 Å². The number of benzene rings is 1. The first-order chi connectivity index (χ1) is 9.49. The summed E-state index contributed by atoms with van der Waals surface area (Å²) in [5.74, 6) is 1.69. The number of halogens is 2. The SMILES string of the molecule is CC(C)c1ncc(Oc2cc(Cl)cc(Cl)c2)c(CO)n1. The Balaban J connectivity index is 2.33. The van der Waals surface area contributed by atoms with Gasteiger partial charge in [-0.3, -0.25) is 0 Å². The van der Waals surface area contributed by atoms with Crippen LogP contribution in [0.2, 0.25) is 10.0 Å². The minimum Gasteiger partial charge on any atom is -0.454 e. The third-order valence-electron chi connectivity index (χ3n) is 2.58. The van der Waals surface area contributed by atoms with Crippen molar-refractivity contribution in [3.63, 3.8) is 0 Å². The van der Waals surface area contributed by atoms with E-state index in [0.29, 0.717) is 33.1 Å². The van der Waals surface area contributed by atoms with Gasteiger partial charge in [0, 0.05) is 16.0 Å². The molecule has 0 amide bonds. The molecule has 0 aliphatic rings. The molecule has 0 bridgehead atoms. The topological polar surface area (TPSA) is 55.2 Å². The van der Waals surface area contributed by atoms with E-state index in [1.807, 2.05) is 13.8 Å². The number of rotatable bonds is 4. The van der Waals surface area contributed by atoms with Gasteiger partial charge in [0.1, 0.15) is 17.3 Å². The molecule has 2 aromatic rings. The lowest BCUT2D eigenvalue weighted by molar-refractivity contribution is 0.270. The Labute approximate surface area is 127 Å². The third-order valence-corrected chi connectivity index (χ3v) is 3.01. The highest BCUT2D eigenvalue weighted by molar-refractivity contribution is 6.34. The Morgan fingerprint density at radius 3 is 2.40 bits per heavy atom. The van der Waals surface area contributed by atoms with Crippen molar-refractivity contribution in [3.05, 3.63) is 46.0 Å². The number of aliphatic hydroxyl groups is 1. The molecule has 0 spiro atoms. The number of hydrogen-bond donors (Lipinski definition) is 1. The minimum absolute atomic E-state index is 0.176. The van der Waals surface area contributed by atoms with Gasteiger partial charge >= 0.3 is 0 Å². The molecule has 0 unspecified atom stereocenters. The Hall–Kier alpha value is -1.36. The van der Waals surface area contributed by atoms with Crippen LogP contribution in [0, 0.1) is 0 Å². The predicted molar refractivity (Wildman–Crippen MR) is 78.6 cm³/mol. The number of aromatic nitrogens is 2. The van der Waals surface area contributed by atoms with E-state index in [4.69, 9.17) is 27.9 Å². The summed E-state index contributed by atoms with van der Waals surface area (Å²) < 4.78 is 5.64. The molecule has 6 heteroatoms. The van der Waals surface area contributed by atoms with Crippen LogP contribution in [0.5, 0.6) is 11.5 Å². The van der Waals surface area contributed by atoms with Crippen LogP contribution in [-0.4, -0.2) is 15.1 Å². The summed E-state index contributed by atoms with van der Waals surface area (Å²) in [5, 5.41) is 10.3. The molecule has 1 N–H and O–H groups in total. The van der Waals surface area contributed by atoms with E-state index in [2.05, 4.69) is 9.97 Å². The molecule has 4 nitrogen and oxygen atoms in total. The van der Waals surface area contributed by atoms with Crippen LogP contribution in [0.25, 0.3) is 0 Å². The second-order valence-electron chi connectivity index (χ2n) is 4.56. The average molecular weight is 313 g/mol. The summed E-state index contributed by atoms with van der Waals surface area (Å²) in [4.78, 5) is 8.49. The molecule has 20 heavy (non-hydrogen) atoms. The van der Waals surface area contributed by atoms with Gasteiger partial charge in [-0.05, 0) is 18.2 Å². The lowest BCUT2D eigenvalue weighted by Gasteiger charge is -2.11. The maximum Gasteiger partial charge on any atom is 0.169 e. The van der Waals surface area contributed by atoms with Crippen molar-refractivity contribution >= 4 is 23.2 Å². The second kappa shape index (κ2) is 6.39. The Bertz CT molecular complexity index is 598. The van der Waals surface area contributed by atoms with E-state index in [1.165, 1.54) is 0 Å². The van der Waals surface area contributed by atoms with Gasteiger partial charge in [0.15, 0.2) is 5.75 Å². The Morgan fingerprint density at radius 1 is 1.20 bits per heavy atom. The van der Waals surface area contributed by atoms with Gasteiger partial charge in [-0.2, -0.15) is 0 Å². The summed E-state index contributed by atoms with van der Waals surface area (Å²) in [6, 6.07) is 4.87. The van der Waals surface area contributed by atoms with Gasteiger partial charge < -0.3 is 9.84 Å². The van der Waals surface area contributed by atoms with E-state index in [0.717, 1.165) is 0 Å². The van der Waals surface area contributed by atoms with Gasteiger partial charge in [0.2, 0.25) is 0 Å². The summed E-state index contributed by atoms with van der Waals surface area (Å²) >= 11 is 11.8. The fourth-order valence-electron chi connectivity index (χ4n) is 1.61. The first-order valence-electron chi connectivity index (χ1n) is 6.10. The molecule has 0 aliphatic heterocycles. The zero-order valence-corrected chi connectivity index (χ0v) is 12.6. The van der Waals surface area contributed by atoms with Gasteiger partial charge in [-0.1, -0.05) is 37.0 Å². The largest absolute Gasteiger partial charge is 0.454 e. The van der Waals surface area contributed by atoms with Crippen molar-refractivity contribution in [1.29, 1.82) is 0 Å². The van der Waals surface area contributed by atoms with Crippen LogP contribution in [0.4, 0.5) is 0 Å². The minimum atomic E-state index is -0.230. The molecular formula is C14H14Cl2N2O2. The van der Waals surface area contributed by atoms with E-state index in [1.54, 1.807) is 24.4 Å². The van der Waals surface area contributed by atoms with Gasteiger partial charge in [0.05, 0.1) is 12.8 Å². The summed E-state index contributed by atoms with van der Waals surface area (Å²) in [6.45, 7) is 3.73. The third kappa shape index (κ3) is 3.60.